The van der Waals surface area contributed by atoms with E-state index in [0.29, 0.717) is 29.8 Å². The molecular formula is C29H42N2O5. The van der Waals surface area contributed by atoms with Gasteiger partial charge < -0.3 is 23.0 Å². The van der Waals surface area contributed by atoms with Crippen LogP contribution in [-0.2, 0) is 20.6 Å². The van der Waals surface area contributed by atoms with E-state index in [4.69, 9.17) is 23.0 Å². The lowest BCUT2D eigenvalue weighted by Gasteiger charge is -2.38. The molecular weight excluding hydrogens is 456 g/mol. The molecule has 2 aromatic heterocycles. The van der Waals surface area contributed by atoms with Gasteiger partial charge in [-0.05, 0) is 52.4 Å². The van der Waals surface area contributed by atoms with Gasteiger partial charge in [-0.2, -0.15) is 0 Å². The van der Waals surface area contributed by atoms with Crippen LogP contribution in [0.3, 0.4) is 0 Å². The molecule has 0 aliphatic carbocycles. The highest BCUT2D eigenvalue weighted by Crippen LogP contribution is 2.34. The Morgan fingerprint density at radius 1 is 1.22 bits per heavy atom. The van der Waals surface area contributed by atoms with Crippen LogP contribution in [0.1, 0.15) is 83.9 Å². The molecule has 0 amide bonds. The van der Waals surface area contributed by atoms with Crippen molar-refractivity contribution >= 4 is 0 Å². The Balaban J connectivity index is 1.51. The Bertz CT molecular complexity index is 1020. The Hall–Kier alpha value is -2.48. The van der Waals surface area contributed by atoms with E-state index in [1.54, 1.807) is 26.7 Å². The van der Waals surface area contributed by atoms with Gasteiger partial charge in [-0.1, -0.05) is 42.9 Å². The van der Waals surface area contributed by atoms with Gasteiger partial charge in [-0.3, -0.25) is 0 Å². The largest absolute Gasteiger partial charge is 0.448 e. The normalized spacial score (nSPS) is 23.1. The molecule has 1 aliphatic heterocycles. The van der Waals surface area contributed by atoms with E-state index in [0.717, 1.165) is 44.2 Å². The lowest BCUT2D eigenvalue weighted by molar-refractivity contribution is -0.261. The van der Waals surface area contributed by atoms with Gasteiger partial charge in [0.15, 0.2) is 17.4 Å². The summed E-state index contributed by atoms with van der Waals surface area (Å²) in [7, 11) is 3.37. The third-order valence-corrected chi connectivity index (χ3v) is 6.56. The van der Waals surface area contributed by atoms with Gasteiger partial charge in [0.2, 0.25) is 5.89 Å². The molecule has 3 heterocycles. The molecule has 36 heavy (non-hydrogen) atoms. The van der Waals surface area contributed by atoms with Crippen LogP contribution < -0.4 is 0 Å². The first-order valence-electron chi connectivity index (χ1n) is 13.0. The van der Waals surface area contributed by atoms with Gasteiger partial charge in [0, 0.05) is 33.5 Å². The molecule has 0 spiro atoms. The molecule has 1 saturated heterocycles. The summed E-state index contributed by atoms with van der Waals surface area (Å²) in [6, 6.07) is 0. The fraction of sp³-hybridized carbons (Fsp3) is 0.586. The van der Waals surface area contributed by atoms with Crippen molar-refractivity contribution in [2.24, 2.45) is 5.92 Å². The molecule has 7 nitrogen and oxygen atoms in total. The van der Waals surface area contributed by atoms with E-state index >= 15 is 0 Å². The maximum atomic E-state index is 6.17. The van der Waals surface area contributed by atoms with Gasteiger partial charge in [-0.25, -0.2) is 9.97 Å². The second kappa shape index (κ2) is 13.7. The summed E-state index contributed by atoms with van der Waals surface area (Å²) in [5.74, 6) is 1.03. The zero-order valence-corrected chi connectivity index (χ0v) is 22.7. The molecule has 0 radical (unpaired) electrons. The average Bonchev–Trinajstić information content (AvgIpc) is 3.52. The quantitative estimate of drug-likeness (QED) is 0.267. The molecule has 2 unspecified atom stereocenters. The molecule has 0 bridgehead atoms. The average molecular weight is 499 g/mol. The number of oxazole rings is 2. The first-order valence-corrected chi connectivity index (χ1v) is 13.0. The van der Waals surface area contributed by atoms with Crippen molar-refractivity contribution in [3.05, 3.63) is 60.1 Å². The van der Waals surface area contributed by atoms with Crippen LogP contribution in [0, 0.1) is 5.92 Å². The lowest BCUT2D eigenvalue weighted by atomic mass is 9.97. The minimum atomic E-state index is -0.539. The second-order valence-corrected chi connectivity index (χ2v) is 9.75. The molecule has 198 valence electrons. The first-order chi connectivity index (χ1) is 17.4. The fourth-order valence-corrected chi connectivity index (χ4v) is 4.56. The smallest absolute Gasteiger partial charge is 0.248 e. The monoisotopic (exact) mass is 498 g/mol. The van der Waals surface area contributed by atoms with Crippen molar-refractivity contribution in [1.82, 2.24) is 9.97 Å². The van der Waals surface area contributed by atoms with Crippen LogP contribution in [0.25, 0.3) is 11.6 Å². The highest BCUT2D eigenvalue weighted by atomic mass is 16.7. The number of nitrogens with zero attached hydrogens (tertiary/aromatic N) is 2. The van der Waals surface area contributed by atoms with E-state index in [2.05, 4.69) is 61.1 Å². The highest BCUT2D eigenvalue weighted by molar-refractivity contribution is 5.44. The molecule has 0 N–H and O–H groups in total. The number of hydrogen-bond donors (Lipinski definition) is 0. The van der Waals surface area contributed by atoms with E-state index < -0.39 is 5.79 Å². The summed E-state index contributed by atoms with van der Waals surface area (Å²) in [5.41, 5.74) is 2.68. The Kier molecular flexibility index (Phi) is 10.7. The number of methoxy groups -OCH3 is 2. The molecule has 1 aliphatic rings. The van der Waals surface area contributed by atoms with E-state index in [1.807, 2.05) is 6.92 Å². The first kappa shape index (κ1) is 28.1. The van der Waals surface area contributed by atoms with Crippen LogP contribution >= 0.6 is 0 Å². The maximum absolute atomic E-state index is 6.17. The van der Waals surface area contributed by atoms with Crippen molar-refractivity contribution in [2.75, 3.05) is 14.2 Å². The summed E-state index contributed by atoms with van der Waals surface area (Å²) in [4.78, 5) is 9.19. The number of rotatable bonds is 13. The highest BCUT2D eigenvalue weighted by Gasteiger charge is 2.34. The van der Waals surface area contributed by atoms with Crippen molar-refractivity contribution in [3.63, 3.8) is 0 Å². The van der Waals surface area contributed by atoms with Crippen LogP contribution in [0.2, 0.25) is 0 Å². The summed E-state index contributed by atoms with van der Waals surface area (Å²) in [6.45, 7) is 8.40. The number of aromatic nitrogens is 2. The molecule has 4 atom stereocenters. The van der Waals surface area contributed by atoms with E-state index in [9.17, 15) is 0 Å². The summed E-state index contributed by atoms with van der Waals surface area (Å²) in [6.07, 6.45) is 20.1. The number of aryl methyl sites for hydroxylation is 1. The zero-order valence-electron chi connectivity index (χ0n) is 22.7. The van der Waals surface area contributed by atoms with Crippen LogP contribution in [0.4, 0.5) is 0 Å². The Morgan fingerprint density at radius 2 is 2.06 bits per heavy atom. The molecule has 3 rings (SSSR count). The zero-order chi connectivity index (χ0) is 26.0. The summed E-state index contributed by atoms with van der Waals surface area (Å²) >= 11 is 0. The van der Waals surface area contributed by atoms with Gasteiger partial charge in [0.1, 0.15) is 24.3 Å². The third kappa shape index (κ3) is 8.29. The van der Waals surface area contributed by atoms with Crippen LogP contribution in [-0.4, -0.2) is 36.1 Å². The summed E-state index contributed by atoms with van der Waals surface area (Å²) in [5, 5.41) is 0. The maximum Gasteiger partial charge on any atom is 0.248 e. The molecule has 0 saturated carbocycles. The van der Waals surface area contributed by atoms with Gasteiger partial charge >= 0.3 is 0 Å². The Morgan fingerprint density at radius 3 is 2.81 bits per heavy atom. The minimum Gasteiger partial charge on any atom is -0.448 e. The number of hydrogen-bond acceptors (Lipinski definition) is 7. The lowest BCUT2D eigenvalue weighted by Crippen LogP contribution is -2.40. The number of ether oxygens (including phenoxy) is 3. The van der Waals surface area contributed by atoms with Crippen molar-refractivity contribution in [2.45, 2.75) is 90.6 Å². The van der Waals surface area contributed by atoms with Crippen molar-refractivity contribution < 1.29 is 23.0 Å². The van der Waals surface area contributed by atoms with Crippen molar-refractivity contribution in [3.8, 4) is 11.6 Å². The van der Waals surface area contributed by atoms with Gasteiger partial charge in [-0.15, -0.1) is 0 Å². The van der Waals surface area contributed by atoms with Crippen molar-refractivity contribution in [1.29, 1.82) is 0 Å². The predicted molar refractivity (Wildman–Crippen MR) is 140 cm³/mol. The van der Waals surface area contributed by atoms with Gasteiger partial charge in [0.25, 0.3) is 0 Å². The van der Waals surface area contributed by atoms with E-state index in [1.165, 1.54) is 5.57 Å². The predicted octanol–water partition coefficient (Wildman–Crippen LogP) is 7.38. The molecule has 2 aromatic rings. The second-order valence-electron chi connectivity index (χ2n) is 9.75. The fourth-order valence-electron chi connectivity index (χ4n) is 4.56. The van der Waals surface area contributed by atoms with Gasteiger partial charge in [0.05, 0.1) is 6.10 Å². The van der Waals surface area contributed by atoms with Crippen LogP contribution in [0.5, 0.6) is 0 Å². The Labute approximate surface area is 215 Å². The molecule has 7 heteroatoms. The standard InChI is InChI=1S/C29H42N2O5/c1-7-12-21(2)17-22(3)13-9-8-10-15-27-30-25(20-34-27)28-31-24(19-35-28)26(32-5)18-23-14-11-16-29(4,33-6)36-23/h7-9,12,17,19-21,23,26H,10-11,13-16,18H2,1-6H3/b9-8+,12-7+,22-17-/t21?,23-,26?,29-/m0/s1. The SMILES string of the molecule is C/C=C/C(C)/C=C(/C)C/C=C/CCc1nc(-c2nc(C(C[C@@H]3CCC[C@@](C)(OC)O3)OC)co2)co1. The van der Waals surface area contributed by atoms with E-state index in [-0.39, 0.29) is 12.2 Å². The number of allylic oxidation sites excluding steroid dienone is 6. The minimum absolute atomic E-state index is 0.0383. The topological polar surface area (TPSA) is 79.8 Å². The summed E-state index contributed by atoms with van der Waals surface area (Å²) < 4.78 is 28.8. The third-order valence-electron chi connectivity index (χ3n) is 6.56. The molecule has 1 fully saturated rings. The molecule has 0 aromatic carbocycles. The van der Waals surface area contributed by atoms with Crippen LogP contribution in [0.15, 0.2) is 57.3 Å².